The van der Waals surface area contributed by atoms with Crippen LogP contribution >= 0.6 is 0 Å². The van der Waals surface area contributed by atoms with E-state index in [-0.39, 0.29) is 0 Å². The molecule has 1 aliphatic rings. The average Bonchev–Trinajstić information content (AvgIpc) is 2.81. The highest BCUT2D eigenvalue weighted by Gasteiger charge is 2.52. The number of benzene rings is 2. The minimum atomic E-state index is -2.17. The molecule has 1 aliphatic heterocycles. The molecule has 1 heterocycles. The van der Waals surface area contributed by atoms with Gasteiger partial charge in [-0.3, -0.25) is 0 Å². The van der Waals surface area contributed by atoms with Gasteiger partial charge in [0.2, 0.25) is 0 Å². The molecule has 0 saturated carbocycles. The molecule has 0 N–H and O–H groups in total. The van der Waals surface area contributed by atoms with E-state index in [4.69, 9.17) is 14.0 Å². The minimum Gasteiger partial charge on any atom is -0.497 e. The van der Waals surface area contributed by atoms with Crippen LogP contribution in [0.1, 0.15) is 27.7 Å². The lowest BCUT2D eigenvalue weighted by Crippen LogP contribution is -2.41. The van der Waals surface area contributed by atoms with Crippen LogP contribution in [0.2, 0.25) is 0 Å². The van der Waals surface area contributed by atoms with Crippen molar-refractivity contribution in [3.05, 3.63) is 42.5 Å². The molecule has 0 aliphatic carbocycles. The van der Waals surface area contributed by atoms with Crippen LogP contribution in [0.4, 0.5) is 5.69 Å². The first-order valence-corrected chi connectivity index (χ1v) is 11.6. The normalized spacial score (nSPS) is 18.2. The number of rotatable bonds is 4. The van der Waals surface area contributed by atoms with Crippen LogP contribution in [-0.4, -0.2) is 42.2 Å². The van der Waals surface area contributed by atoms with E-state index in [9.17, 15) is 4.21 Å². The Bertz CT molecular complexity index is 968. The van der Waals surface area contributed by atoms with Crippen LogP contribution < -0.4 is 10.2 Å². The third kappa shape index (κ3) is 4.26. The highest BCUT2D eigenvalue weighted by Crippen LogP contribution is 2.37. The number of methoxy groups -OCH3 is 1. The fourth-order valence-electron chi connectivity index (χ4n) is 3.02. The Morgan fingerprint density at radius 1 is 0.929 bits per heavy atom. The van der Waals surface area contributed by atoms with Gasteiger partial charge in [-0.05, 0) is 57.0 Å². The van der Waals surface area contributed by atoms with Gasteiger partial charge in [-0.2, -0.15) is 4.36 Å². The molecule has 0 spiro atoms. The lowest BCUT2D eigenvalue weighted by Gasteiger charge is -2.32. The standard InChI is InChI=1S/C21H28BNO4S/c1-20(2)21(3,4)27-22(26-20)18-13-10-16(14-19(18)25-5)15-8-11-17(12-9-15)23-28(6,7)24/h8-14H,1-7H3. The summed E-state index contributed by atoms with van der Waals surface area (Å²) < 4.78 is 34.0. The molecule has 0 atom stereocenters. The quantitative estimate of drug-likeness (QED) is 0.727. The molecular weight excluding hydrogens is 373 g/mol. The fourth-order valence-corrected chi connectivity index (χ4v) is 3.65. The zero-order valence-corrected chi connectivity index (χ0v) is 18.4. The molecule has 0 radical (unpaired) electrons. The van der Waals surface area contributed by atoms with Gasteiger partial charge in [-0.1, -0.05) is 24.3 Å². The van der Waals surface area contributed by atoms with E-state index in [1.54, 1.807) is 19.6 Å². The summed E-state index contributed by atoms with van der Waals surface area (Å²) in [5.41, 5.74) is 2.80. The van der Waals surface area contributed by atoms with Crippen LogP contribution in [-0.2, 0) is 19.0 Å². The van der Waals surface area contributed by atoms with Crippen molar-refractivity contribution in [3.8, 4) is 16.9 Å². The summed E-state index contributed by atoms with van der Waals surface area (Å²) in [7, 11) is -0.999. The number of ether oxygens (including phenoxy) is 1. The van der Waals surface area contributed by atoms with E-state index < -0.39 is 28.0 Å². The summed E-state index contributed by atoms with van der Waals surface area (Å²) in [6, 6.07) is 13.7. The summed E-state index contributed by atoms with van der Waals surface area (Å²) >= 11 is 0. The molecule has 28 heavy (non-hydrogen) atoms. The molecule has 150 valence electrons. The van der Waals surface area contributed by atoms with Gasteiger partial charge >= 0.3 is 7.12 Å². The van der Waals surface area contributed by atoms with Crippen molar-refractivity contribution in [1.29, 1.82) is 0 Å². The minimum absolute atomic E-state index is 0.405. The van der Waals surface area contributed by atoms with Gasteiger partial charge in [0.05, 0.1) is 24.0 Å². The van der Waals surface area contributed by atoms with Gasteiger partial charge in [0, 0.05) is 27.7 Å². The molecule has 0 bridgehead atoms. The van der Waals surface area contributed by atoms with E-state index in [0.717, 1.165) is 22.3 Å². The van der Waals surface area contributed by atoms with Gasteiger partial charge < -0.3 is 14.0 Å². The molecule has 2 aromatic carbocycles. The molecule has 0 amide bonds. The van der Waals surface area contributed by atoms with Crippen molar-refractivity contribution < 1.29 is 18.3 Å². The summed E-state index contributed by atoms with van der Waals surface area (Å²) in [6.07, 6.45) is 3.25. The molecule has 1 saturated heterocycles. The molecule has 3 rings (SSSR count). The zero-order chi connectivity index (χ0) is 20.7. The predicted molar refractivity (Wildman–Crippen MR) is 116 cm³/mol. The second-order valence-corrected chi connectivity index (χ2v) is 10.9. The second kappa shape index (κ2) is 7.21. The van der Waals surface area contributed by atoms with Crippen LogP contribution in [0, 0.1) is 0 Å². The monoisotopic (exact) mass is 401 g/mol. The number of hydrogen-bond donors (Lipinski definition) is 0. The van der Waals surface area contributed by atoms with Crippen molar-refractivity contribution in [3.63, 3.8) is 0 Å². The lowest BCUT2D eigenvalue weighted by atomic mass is 9.77. The first-order chi connectivity index (χ1) is 12.9. The van der Waals surface area contributed by atoms with E-state index >= 15 is 0 Å². The highest BCUT2D eigenvalue weighted by atomic mass is 32.2. The van der Waals surface area contributed by atoms with Crippen LogP contribution in [0.3, 0.4) is 0 Å². The SMILES string of the molecule is COc1cc(-c2ccc(N=S(C)(C)=O)cc2)ccc1B1OC(C)(C)C(C)(C)O1. The van der Waals surface area contributed by atoms with Crippen molar-refractivity contribution in [2.75, 3.05) is 19.6 Å². The van der Waals surface area contributed by atoms with Gasteiger partial charge in [0.25, 0.3) is 0 Å². The van der Waals surface area contributed by atoms with Crippen molar-refractivity contribution in [1.82, 2.24) is 0 Å². The molecule has 0 unspecified atom stereocenters. The van der Waals surface area contributed by atoms with E-state index in [2.05, 4.69) is 4.36 Å². The van der Waals surface area contributed by atoms with Gasteiger partial charge in [0.1, 0.15) is 5.75 Å². The van der Waals surface area contributed by atoms with Crippen molar-refractivity contribution in [2.45, 2.75) is 38.9 Å². The maximum absolute atomic E-state index is 11.8. The molecule has 0 aromatic heterocycles. The lowest BCUT2D eigenvalue weighted by molar-refractivity contribution is 0.00578. The van der Waals surface area contributed by atoms with Gasteiger partial charge in [0.15, 0.2) is 0 Å². The number of hydrogen-bond acceptors (Lipinski definition) is 5. The van der Waals surface area contributed by atoms with Crippen LogP contribution in [0.25, 0.3) is 11.1 Å². The van der Waals surface area contributed by atoms with Crippen LogP contribution in [0.15, 0.2) is 46.8 Å². The summed E-state index contributed by atoms with van der Waals surface area (Å²) in [6.45, 7) is 8.13. The number of nitrogens with zero attached hydrogens (tertiary/aromatic N) is 1. The summed E-state index contributed by atoms with van der Waals surface area (Å²) in [4.78, 5) is 0. The Kier molecular flexibility index (Phi) is 5.38. The van der Waals surface area contributed by atoms with Crippen LogP contribution in [0.5, 0.6) is 5.75 Å². The largest absolute Gasteiger partial charge is 0.498 e. The average molecular weight is 401 g/mol. The molecule has 7 heteroatoms. The van der Waals surface area contributed by atoms with E-state index in [0.29, 0.717) is 5.69 Å². The van der Waals surface area contributed by atoms with E-state index in [1.807, 2.05) is 70.2 Å². The Labute approximate surface area is 168 Å². The third-order valence-electron chi connectivity index (χ3n) is 5.27. The second-order valence-electron chi connectivity index (χ2n) is 8.36. The Morgan fingerprint density at radius 2 is 1.46 bits per heavy atom. The fraction of sp³-hybridized carbons (Fsp3) is 0.429. The first-order valence-electron chi connectivity index (χ1n) is 9.23. The zero-order valence-electron chi connectivity index (χ0n) is 17.6. The molecule has 1 fully saturated rings. The summed E-state index contributed by atoms with van der Waals surface area (Å²) in [5, 5.41) is 0. The van der Waals surface area contributed by atoms with Gasteiger partial charge in [-0.15, -0.1) is 0 Å². The molecule has 2 aromatic rings. The highest BCUT2D eigenvalue weighted by molar-refractivity contribution is 7.92. The Morgan fingerprint density at radius 3 is 1.96 bits per heavy atom. The smallest absolute Gasteiger partial charge is 0.497 e. The summed E-state index contributed by atoms with van der Waals surface area (Å²) in [5.74, 6) is 0.718. The predicted octanol–water partition coefficient (Wildman–Crippen LogP) is 4.02. The Hall–Kier alpha value is -1.83. The van der Waals surface area contributed by atoms with E-state index in [1.165, 1.54) is 0 Å². The molecule has 5 nitrogen and oxygen atoms in total. The van der Waals surface area contributed by atoms with Gasteiger partial charge in [-0.25, -0.2) is 4.21 Å². The van der Waals surface area contributed by atoms with Crippen molar-refractivity contribution in [2.24, 2.45) is 4.36 Å². The third-order valence-corrected chi connectivity index (χ3v) is 5.92. The van der Waals surface area contributed by atoms with Crippen molar-refractivity contribution >= 4 is 28.0 Å². The molecular formula is C21H28BNO4S. The first kappa shape index (κ1) is 20.9. The maximum Gasteiger partial charge on any atom is 0.498 e. The Balaban J connectivity index is 1.91. The maximum atomic E-state index is 11.8. The topological polar surface area (TPSA) is 57.1 Å².